The first-order valence-corrected chi connectivity index (χ1v) is 7.72. The Morgan fingerprint density at radius 2 is 1.90 bits per heavy atom. The lowest BCUT2D eigenvalue weighted by molar-refractivity contribution is 0.155. The molecule has 1 heterocycles. The van der Waals surface area contributed by atoms with Crippen molar-refractivity contribution in [2.75, 3.05) is 0 Å². The molecule has 112 valence electrons. The predicted molar refractivity (Wildman–Crippen MR) is 80.2 cm³/mol. The van der Waals surface area contributed by atoms with E-state index in [0.717, 1.165) is 18.4 Å². The fourth-order valence-electron chi connectivity index (χ4n) is 2.67. The van der Waals surface area contributed by atoms with Gasteiger partial charge in [0.25, 0.3) is 0 Å². The summed E-state index contributed by atoms with van der Waals surface area (Å²) in [6, 6.07) is 6.34. The van der Waals surface area contributed by atoms with E-state index in [-0.39, 0.29) is 11.9 Å². The normalized spacial score (nSPS) is 16.1. The van der Waals surface area contributed by atoms with Crippen LogP contribution >= 0.6 is 11.6 Å². The zero-order valence-corrected chi connectivity index (χ0v) is 12.5. The maximum atomic E-state index is 12.9. The molecule has 5 heteroatoms. The third-order valence-electron chi connectivity index (χ3n) is 3.84. The van der Waals surface area contributed by atoms with E-state index in [4.69, 9.17) is 16.3 Å². The fraction of sp³-hybridized carbons (Fsp3) is 0.438. The summed E-state index contributed by atoms with van der Waals surface area (Å²) in [7, 11) is 0. The highest BCUT2D eigenvalue weighted by molar-refractivity contribution is 6.31. The Bertz CT molecular complexity index is 591. The molecule has 1 saturated carbocycles. The predicted octanol–water partition coefficient (Wildman–Crippen LogP) is 4.44. The molecule has 3 nitrogen and oxygen atoms in total. The summed E-state index contributed by atoms with van der Waals surface area (Å²) >= 11 is 6.33. The van der Waals surface area contributed by atoms with E-state index in [2.05, 4.69) is 5.10 Å². The van der Waals surface area contributed by atoms with Crippen LogP contribution in [0.3, 0.4) is 0 Å². The van der Waals surface area contributed by atoms with Crippen molar-refractivity contribution >= 4 is 11.6 Å². The SMILES string of the molecule is Fc1ccc(Cn2ncc(OC3CCCCC3)c2Cl)cc1. The molecule has 1 fully saturated rings. The molecule has 1 aliphatic rings. The Morgan fingerprint density at radius 1 is 1.19 bits per heavy atom. The Balaban J connectivity index is 1.68. The second-order valence-electron chi connectivity index (χ2n) is 5.46. The maximum absolute atomic E-state index is 12.9. The molecule has 2 aromatic rings. The monoisotopic (exact) mass is 308 g/mol. The first-order chi connectivity index (χ1) is 10.2. The summed E-state index contributed by atoms with van der Waals surface area (Å²) in [5, 5.41) is 4.77. The molecule has 1 aliphatic carbocycles. The van der Waals surface area contributed by atoms with Crippen molar-refractivity contribution in [3.05, 3.63) is 47.0 Å². The molecular formula is C16H18ClFN2O. The summed E-state index contributed by atoms with van der Waals surface area (Å²) < 4.78 is 20.5. The molecule has 0 spiro atoms. The average Bonchev–Trinajstić information content (AvgIpc) is 2.84. The summed E-state index contributed by atoms with van der Waals surface area (Å²) in [5.41, 5.74) is 0.950. The Hall–Kier alpha value is -1.55. The zero-order chi connectivity index (χ0) is 14.7. The molecule has 1 aromatic heterocycles. The number of nitrogens with zero attached hydrogens (tertiary/aromatic N) is 2. The lowest BCUT2D eigenvalue weighted by Gasteiger charge is -2.22. The van der Waals surface area contributed by atoms with Gasteiger partial charge >= 0.3 is 0 Å². The first-order valence-electron chi connectivity index (χ1n) is 7.35. The molecule has 21 heavy (non-hydrogen) atoms. The molecule has 0 atom stereocenters. The van der Waals surface area contributed by atoms with Gasteiger partial charge in [-0.3, -0.25) is 0 Å². The molecule has 0 radical (unpaired) electrons. The number of ether oxygens (including phenoxy) is 1. The highest BCUT2D eigenvalue weighted by Crippen LogP contribution is 2.29. The van der Waals surface area contributed by atoms with Crippen LogP contribution in [0, 0.1) is 5.82 Å². The average molecular weight is 309 g/mol. The fourth-order valence-corrected chi connectivity index (χ4v) is 2.86. The van der Waals surface area contributed by atoms with E-state index in [9.17, 15) is 4.39 Å². The largest absolute Gasteiger partial charge is 0.486 e. The standard InChI is InChI=1S/C16H18ClFN2O/c17-16-15(21-14-4-2-1-3-5-14)10-19-20(16)11-12-6-8-13(18)9-7-12/h6-10,14H,1-5,11H2. The van der Waals surface area contributed by atoms with Crippen LogP contribution in [-0.2, 0) is 6.54 Å². The van der Waals surface area contributed by atoms with Gasteiger partial charge in [0, 0.05) is 0 Å². The minimum atomic E-state index is -0.244. The molecule has 0 N–H and O–H groups in total. The van der Waals surface area contributed by atoms with Crippen molar-refractivity contribution < 1.29 is 9.13 Å². The number of aromatic nitrogens is 2. The quantitative estimate of drug-likeness (QED) is 0.835. The Kier molecular flexibility index (Phi) is 4.44. The number of halogens is 2. The highest BCUT2D eigenvalue weighted by Gasteiger charge is 2.18. The van der Waals surface area contributed by atoms with Gasteiger partial charge in [-0.2, -0.15) is 5.10 Å². The number of hydrogen-bond donors (Lipinski definition) is 0. The Labute approximate surface area is 128 Å². The van der Waals surface area contributed by atoms with Crippen LogP contribution in [0.4, 0.5) is 4.39 Å². The van der Waals surface area contributed by atoms with Gasteiger partial charge in [-0.25, -0.2) is 9.07 Å². The topological polar surface area (TPSA) is 27.1 Å². The number of benzene rings is 1. The third-order valence-corrected chi connectivity index (χ3v) is 4.22. The van der Waals surface area contributed by atoms with Gasteiger partial charge in [-0.05, 0) is 43.4 Å². The van der Waals surface area contributed by atoms with E-state index in [0.29, 0.717) is 17.4 Å². The minimum Gasteiger partial charge on any atom is -0.486 e. The van der Waals surface area contributed by atoms with E-state index >= 15 is 0 Å². The lowest BCUT2D eigenvalue weighted by Crippen LogP contribution is -2.19. The third kappa shape index (κ3) is 3.56. The molecular weight excluding hydrogens is 291 g/mol. The molecule has 3 rings (SSSR count). The molecule has 0 saturated heterocycles. The summed E-state index contributed by atoms with van der Waals surface area (Å²) in [4.78, 5) is 0. The van der Waals surface area contributed by atoms with Crippen LogP contribution in [0.1, 0.15) is 37.7 Å². The van der Waals surface area contributed by atoms with E-state index in [1.54, 1.807) is 23.0 Å². The van der Waals surface area contributed by atoms with Crippen molar-refractivity contribution in [3.8, 4) is 5.75 Å². The Morgan fingerprint density at radius 3 is 2.62 bits per heavy atom. The van der Waals surface area contributed by atoms with E-state index in [1.165, 1.54) is 31.4 Å². The summed E-state index contributed by atoms with van der Waals surface area (Å²) in [6.45, 7) is 0.507. The molecule has 0 unspecified atom stereocenters. The van der Waals surface area contributed by atoms with E-state index in [1.807, 2.05) is 0 Å². The van der Waals surface area contributed by atoms with Gasteiger partial charge in [-0.1, -0.05) is 30.2 Å². The summed E-state index contributed by atoms with van der Waals surface area (Å²) in [5.74, 6) is 0.400. The van der Waals surface area contributed by atoms with Crippen LogP contribution < -0.4 is 4.74 Å². The smallest absolute Gasteiger partial charge is 0.176 e. The van der Waals surface area contributed by atoms with Crippen LogP contribution in [0.25, 0.3) is 0 Å². The van der Waals surface area contributed by atoms with Crippen molar-refractivity contribution in [3.63, 3.8) is 0 Å². The van der Waals surface area contributed by atoms with E-state index < -0.39 is 0 Å². The van der Waals surface area contributed by atoms with Crippen molar-refractivity contribution in [1.29, 1.82) is 0 Å². The van der Waals surface area contributed by atoms with Gasteiger partial charge in [0.05, 0.1) is 18.8 Å². The minimum absolute atomic E-state index is 0.244. The maximum Gasteiger partial charge on any atom is 0.176 e. The van der Waals surface area contributed by atoms with Crippen molar-refractivity contribution in [2.24, 2.45) is 0 Å². The number of rotatable bonds is 4. The lowest BCUT2D eigenvalue weighted by atomic mass is 9.98. The van der Waals surface area contributed by atoms with Crippen molar-refractivity contribution in [2.45, 2.75) is 44.8 Å². The van der Waals surface area contributed by atoms with Gasteiger partial charge in [0.2, 0.25) is 0 Å². The first kappa shape index (κ1) is 14.4. The van der Waals surface area contributed by atoms with Gasteiger partial charge in [0.15, 0.2) is 10.9 Å². The second kappa shape index (κ2) is 6.48. The number of hydrogen-bond acceptors (Lipinski definition) is 2. The van der Waals surface area contributed by atoms with Crippen LogP contribution in [-0.4, -0.2) is 15.9 Å². The highest BCUT2D eigenvalue weighted by atomic mass is 35.5. The van der Waals surface area contributed by atoms with Gasteiger partial charge in [-0.15, -0.1) is 0 Å². The van der Waals surface area contributed by atoms with Crippen molar-refractivity contribution in [1.82, 2.24) is 9.78 Å². The molecule has 0 aliphatic heterocycles. The second-order valence-corrected chi connectivity index (χ2v) is 5.82. The zero-order valence-electron chi connectivity index (χ0n) is 11.8. The molecule has 1 aromatic carbocycles. The van der Waals surface area contributed by atoms with Crippen LogP contribution in [0.5, 0.6) is 5.75 Å². The molecule has 0 bridgehead atoms. The van der Waals surface area contributed by atoms with Crippen LogP contribution in [0.15, 0.2) is 30.5 Å². The van der Waals surface area contributed by atoms with Crippen LogP contribution in [0.2, 0.25) is 5.15 Å². The summed E-state index contributed by atoms with van der Waals surface area (Å²) in [6.07, 6.45) is 7.80. The molecule has 0 amide bonds. The van der Waals surface area contributed by atoms with Gasteiger partial charge in [0.1, 0.15) is 5.82 Å². The van der Waals surface area contributed by atoms with Gasteiger partial charge < -0.3 is 4.74 Å².